The Bertz CT molecular complexity index is 944. The van der Waals surface area contributed by atoms with Crippen molar-refractivity contribution >= 4 is 27.5 Å². The summed E-state index contributed by atoms with van der Waals surface area (Å²) < 4.78 is 32.0. The first-order valence-electron chi connectivity index (χ1n) is 8.78. The van der Waals surface area contributed by atoms with Crippen LogP contribution in [0.15, 0.2) is 64.6 Å². The Balaban J connectivity index is 1.62. The lowest BCUT2D eigenvalue weighted by molar-refractivity contribution is -0.117. The molecule has 0 unspecified atom stereocenters. The van der Waals surface area contributed by atoms with Crippen molar-refractivity contribution in [3.05, 3.63) is 61.1 Å². The van der Waals surface area contributed by atoms with Gasteiger partial charge in [0.1, 0.15) is 0 Å². The van der Waals surface area contributed by atoms with Gasteiger partial charge in [0.2, 0.25) is 15.9 Å². The van der Waals surface area contributed by atoms with E-state index in [-0.39, 0.29) is 22.6 Å². The molecule has 1 aliphatic rings. The van der Waals surface area contributed by atoms with Crippen LogP contribution in [0.1, 0.15) is 23.4 Å². The molecule has 28 heavy (non-hydrogen) atoms. The maximum atomic E-state index is 12.8. The fraction of sp³-hybridized carbons (Fsp3) is 0.263. The molecule has 1 fully saturated rings. The Labute approximate surface area is 163 Å². The Morgan fingerprint density at radius 2 is 1.82 bits per heavy atom. The van der Waals surface area contributed by atoms with Gasteiger partial charge in [-0.15, -0.1) is 0 Å². The van der Waals surface area contributed by atoms with Gasteiger partial charge in [-0.2, -0.15) is 4.31 Å². The molecule has 0 saturated carbocycles. The summed E-state index contributed by atoms with van der Waals surface area (Å²) in [6.45, 7) is 4.05. The number of carbonyl (C=O) groups excluding carboxylic acids is 2. The summed E-state index contributed by atoms with van der Waals surface area (Å²) in [6, 6.07) is 9.06. The molecule has 1 aliphatic heterocycles. The molecule has 1 aromatic carbocycles. The molecule has 2 heterocycles. The second-order valence-electron chi connectivity index (χ2n) is 6.35. The molecule has 9 heteroatoms. The van der Waals surface area contributed by atoms with Crippen molar-refractivity contribution in [1.82, 2.24) is 9.62 Å². The first-order valence-corrected chi connectivity index (χ1v) is 10.2. The van der Waals surface area contributed by atoms with Gasteiger partial charge in [0, 0.05) is 24.8 Å². The quantitative estimate of drug-likeness (QED) is 0.717. The van der Waals surface area contributed by atoms with E-state index in [0.717, 1.165) is 0 Å². The average Bonchev–Trinajstić information content (AvgIpc) is 3.24. The molecule has 1 aromatic heterocycles. The SMILES string of the molecule is C=CC(=O)NC1CCN(S(=O)(=O)c2ccc(NC(=O)c3ccco3)cc2)CC1. The average molecular weight is 403 g/mol. The lowest BCUT2D eigenvalue weighted by Gasteiger charge is -2.31. The molecule has 2 amide bonds. The van der Waals surface area contributed by atoms with Gasteiger partial charge < -0.3 is 15.1 Å². The van der Waals surface area contributed by atoms with Crippen LogP contribution in [0, 0.1) is 0 Å². The number of amides is 2. The normalized spacial score (nSPS) is 15.7. The molecule has 0 bridgehead atoms. The van der Waals surface area contributed by atoms with Gasteiger partial charge in [0.15, 0.2) is 5.76 Å². The van der Waals surface area contributed by atoms with Gasteiger partial charge in [-0.1, -0.05) is 6.58 Å². The van der Waals surface area contributed by atoms with E-state index < -0.39 is 15.9 Å². The number of piperidine rings is 1. The zero-order valence-electron chi connectivity index (χ0n) is 15.1. The van der Waals surface area contributed by atoms with Crippen LogP contribution in [0.4, 0.5) is 5.69 Å². The summed E-state index contributed by atoms with van der Waals surface area (Å²) in [5, 5.41) is 5.43. The van der Waals surface area contributed by atoms with Crippen LogP contribution in [-0.4, -0.2) is 43.7 Å². The molecule has 2 aromatic rings. The van der Waals surface area contributed by atoms with Gasteiger partial charge >= 0.3 is 0 Å². The number of hydrogen-bond donors (Lipinski definition) is 2. The van der Waals surface area contributed by atoms with Gasteiger partial charge in [-0.05, 0) is 55.3 Å². The monoisotopic (exact) mass is 403 g/mol. The summed E-state index contributed by atoms with van der Waals surface area (Å²) in [7, 11) is -3.64. The van der Waals surface area contributed by atoms with Crippen LogP contribution in [0.5, 0.6) is 0 Å². The van der Waals surface area contributed by atoms with Crippen molar-refractivity contribution in [1.29, 1.82) is 0 Å². The highest BCUT2D eigenvalue weighted by Gasteiger charge is 2.29. The van der Waals surface area contributed by atoms with Crippen molar-refractivity contribution in [3.8, 4) is 0 Å². The number of nitrogens with one attached hydrogen (secondary N) is 2. The molecule has 0 spiro atoms. The van der Waals surface area contributed by atoms with Gasteiger partial charge in [0.25, 0.3) is 5.91 Å². The second kappa shape index (κ2) is 8.41. The maximum Gasteiger partial charge on any atom is 0.291 e. The Morgan fingerprint density at radius 3 is 2.39 bits per heavy atom. The van der Waals surface area contributed by atoms with E-state index in [9.17, 15) is 18.0 Å². The van der Waals surface area contributed by atoms with E-state index in [1.807, 2.05) is 0 Å². The van der Waals surface area contributed by atoms with E-state index in [1.165, 1.54) is 47.0 Å². The fourth-order valence-electron chi connectivity index (χ4n) is 2.96. The fourth-order valence-corrected chi connectivity index (χ4v) is 4.43. The molecule has 0 aliphatic carbocycles. The van der Waals surface area contributed by atoms with Crippen molar-refractivity contribution in [3.63, 3.8) is 0 Å². The third-order valence-corrected chi connectivity index (χ3v) is 6.39. The summed E-state index contributed by atoms with van der Waals surface area (Å²) in [5.41, 5.74) is 0.464. The van der Waals surface area contributed by atoms with E-state index in [2.05, 4.69) is 17.2 Å². The molecule has 2 N–H and O–H groups in total. The molecule has 0 radical (unpaired) electrons. The largest absolute Gasteiger partial charge is 0.459 e. The number of anilines is 1. The maximum absolute atomic E-state index is 12.8. The predicted molar refractivity (Wildman–Crippen MR) is 103 cm³/mol. The smallest absolute Gasteiger partial charge is 0.291 e. The van der Waals surface area contributed by atoms with E-state index in [1.54, 1.807) is 6.07 Å². The highest BCUT2D eigenvalue weighted by Crippen LogP contribution is 2.22. The number of carbonyl (C=O) groups is 2. The number of hydrogen-bond acceptors (Lipinski definition) is 5. The number of benzene rings is 1. The predicted octanol–water partition coefficient (Wildman–Crippen LogP) is 1.99. The first-order chi connectivity index (χ1) is 13.4. The van der Waals surface area contributed by atoms with E-state index in [4.69, 9.17) is 4.42 Å². The van der Waals surface area contributed by atoms with Crippen LogP contribution < -0.4 is 10.6 Å². The topological polar surface area (TPSA) is 109 Å². The molecular formula is C19H21N3O5S. The van der Waals surface area contributed by atoms with Crippen molar-refractivity contribution < 1.29 is 22.4 Å². The van der Waals surface area contributed by atoms with Crippen LogP contribution in [0.2, 0.25) is 0 Å². The van der Waals surface area contributed by atoms with Crippen molar-refractivity contribution in [2.45, 2.75) is 23.8 Å². The lowest BCUT2D eigenvalue weighted by atomic mass is 10.1. The van der Waals surface area contributed by atoms with Gasteiger partial charge in [-0.3, -0.25) is 9.59 Å². The highest BCUT2D eigenvalue weighted by molar-refractivity contribution is 7.89. The van der Waals surface area contributed by atoms with Crippen LogP contribution in [-0.2, 0) is 14.8 Å². The van der Waals surface area contributed by atoms with Crippen LogP contribution >= 0.6 is 0 Å². The number of sulfonamides is 1. The molecule has 148 valence electrons. The van der Waals surface area contributed by atoms with E-state index in [0.29, 0.717) is 31.6 Å². The number of nitrogens with zero attached hydrogens (tertiary/aromatic N) is 1. The lowest BCUT2D eigenvalue weighted by Crippen LogP contribution is -2.46. The van der Waals surface area contributed by atoms with Gasteiger partial charge in [0.05, 0.1) is 11.2 Å². The summed E-state index contributed by atoms with van der Waals surface area (Å²) in [4.78, 5) is 23.5. The summed E-state index contributed by atoms with van der Waals surface area (Å²) in [5.74, 6) is -0.499. The Hall–Kier alpha value is -2.91. The van der Waals surface area contributed by atoms with Crippen LogP contribution in [0.3, 0.4) is 0 Å². The Kier molecular flexibility index (Phi) is 5.96. The van der Waals surface area contributed by atoms with Crippen molar-refractivity contribution in [2.75, 3.05) is 18.4 Å². The number of rotatable bonds is 6. The van der Waals surface area contributed by atoms with Crippen molar-refractivity contribution in [2.24, 2.45) is 0 Å². The zero-order valence-corrected chi connectivity index (χ0v) is 15.9. The molecule has 1 saturated heterocycles. The molecule has 8 nitrogen and oxygen atoms in total. The Morgan fingerprint density at radius 1 is 1.14 bits per heavy atom. The van der Waals surface area contributed by atoms with Gasteiger partial charge in [-0.25, -0.2) is 8.42 Å². The minimum atomic E-state index is -3.64. The number of furan rings is 1. The third kappa shape index (κ3) is 4.49. The molecule has 0 atom stereocenters. The molecule has 3 rings (SSSR count). The summed E-state index contributed by atoms with van der Waals surface area (Å²) in [6.07, 6.45) is 3.68. The zero-order chi connectivity index (χ0) is 20.1. The highest BCUT2D eigenvalue weighted by atomic mass is 32.2. The first kappa shape index (κ1) is 19.8. The summed E-state index contributed by atoms with van der Waals surface area (Å²) >= 11 is 0. The molecular weight excluding hydrogens is 382 g/mol. The standard InChI is InChI=1S/C19H21N3O5S/c1-2-18(23)20-15-9-11-22(12-10-15)28(25,26)16-7-5-14(6-8-16)21-19(24)17-4-3-13-27-17/h2-8,13,15H,1,9-12H2,(H,20,23)(H,21,24). The minimum absolute atomic E-state index is 0.0591. The third-order valence-electron chi connectivity index (χ3n) is 4.48. The minimum Gasteiger partial charge on any atom is -0.459 e. The van der Waals surface area contributed by atoms with Crippen LogP contribution in [0.25, 0.3) is 0 Å². The second-order valence-corrected chi connectivity index (χ2v) is 8.28. The van der Waals surface area contributed by atoms with E-state index >= 15 is 0 Å².